The molecule has 104 valence electrons. The van der Waals surface area contributed by atoms with Gasteiger partial charge in [-0.3, -0.25) is 9.97 Å². The molecule has 3 aromatic rings. The average molecular weight is 315 g/mol. The Kier molecular flexibility index (Phi) is 3.94. The molecular weight excluding hydrogens is 304 g/mol. The summed E-state index contributed by atoms with van der Waals surface area (Å²) in [6.07, 6.45) is 3.32. The molecule has 0 radical (unpaired) electrons. The third-order valence-electron chi connectivity index (χ3n) is 2.85. The maximum absolute atomic E-state index is 6.08. The highest BCUT2D eigenvalue weighted by Crippen LogP contribution is 2.21. The number of halogens is 1. The van der Waals surface area contributed by atoms with Crippen LogP contribution in [0.4, 0.5) is 11.4 Å². The van der Waals surface area contributed by atoms with Crippen molar-refractivity contribution in [3.05, 3.63) is 59.9 Å². The number of hydrogen-bond donors (Lipinski definition) is 2. The average Bonchev–Trinajstić information content (AvgIpc) is 2.49. The number of nitrogens with zero attached hydrogens (tertiary/aromatic N) is 2. The van der Waals surface area contributed by atoms with Crippen molar-refractivity contribution in [1.82, 2.24) is 9.97 Å². The summed E-state index contributed by atoms with van der Waals surface area (Å²) in [6.45, 7) is 0. The van der Waals surface area contributed by atoms with Crippen molar-refractivity contribution in [3.63, 3.8) is 0 Å². The van der Waals surface area contributed by atoms with Crippen molar-refractivity contribution < 1.29 is 0 Å². The van der Waals surface area contributed by atoms with E-state index >= 15 is 0 Å². The van der Waals surface area contributed by atoms with E-state index in [4.69, 9.17) is 23.8 Å². The maximum atomic E-state index is 6.08. The molecule has 0 aliphatic rings. The molecule has 3 rings (SSSR count). The molecule has 0 aliphatic carbocycles. The van der Waals surface area contributed by atoms with Gasteiger partial charge >= 0.3 is 0 Å². The zero-order chi connectivity index (χ0) is 14.7. The van der Waals surface area contributed by atoms with E-state index in [1.165, 1.54) is 0 Å². The number of fused-ring (bicyclic) bond motifs is 1. The SMILES string of the molecule is S=C(Nc1ccc2nccnc2c1)Nc1ccccc1Cl. The van der Waals surface area contributed by atoms with Crippen LogP contribution in [0.25, 0.3) is 11.0 Å². The zero-order valence-electron chi connectivity index (χ0n) is 10.9. The van der Waals surface area contributed by atoms with Gasteiger partial charge in [-0.1, -0.05) is 23.7 Å². The summed E-state index contributed by atoms with van der Waals surface area (Å²) in [5.74, 6) is 0. The largest absolute Gasteiger partial charge is 0.332 e. The summed E-state index contributed by atoms with van der Waals surface area (Å²) in [5, 5.41) is 7.24. The first-order chi connectivity index (χ1) is 10.2. The molecule has 0 amide bonds. The number of para-hydroxylation sites is 1. The lowest BCUT2D eigenvalue weighted by Crippen LogP contribution is -2.19. The van der Waals surface area contributed by atoms with Gasteiger partial charge in [-0.05, 0) is 42.5 Å². The molecule has 0 fully saturated rings. The van der Waals surface area contributed by atoms with Crippen molar-refractivity contribution in [3.8, 4) is 0 Å². The van der Waals surface area contributed by atoms with Gasteiger partial charge < -0.3 is 10.6 Å². The molecule has 6 heteroatoms. The number of hydrogen-bond acceptors (Lipinski definition) is 3. The first-order valence-electron chi connectivity index (χ1n) is 6.26. The summed E-state index contributed by atoms with van der Waals surface area (Å²) in [7, 11) is 0. The molecule has 0 bridgehead atoms. The molecule has 0 aliphatic heterocycles. The molecule has 1 aromatic heterocycles. The van der Waals surface area contributed by atoms with Crippen LogP contribution in [0.2, 0.25) is 5.02 Å². The number of thiocarbonyl (C=S) groups is 1. The van der Waals surface area contributed by atoms with Gasteiger partial charge in [0.1, 0.15) is 0 Å². The molecular formula is C15H11ClN4S. The highest BCUT2D eigenvalue weighted by Gasteiger charge is 2.03. The van der Waals surface area contributed by atoms with Gasteiger partial charge in [-0.15, -0.1) is 0 Å². The van der Waals surface area contributed by atoms with Gasteiger partial charge in [0.2, 0.25) is 0 Å². The lowest BCUT2D eigenvalue weighted by molar-refractivity contribution is 1.29. The molecule has 0 unspecified atom stereocenters. The summed E-state index contributed by atoms with van der Waals surface area (Å²) in [4.78, 5) is 8.48. The summed E-state index contributed by atoms with van der Waals surface area (Å²) in [6, 6.07) is 13.1. The predicted octanol–water partition coefficient (Wildman–Crippen LogP) is 4.09. The van der Waals surface area contributed by atoms with Crippen LogP contribution in [0.1, 0.15) is 0 Å². The van der Waals surface area contributed by atoms with E-state index in [0.717, 1.165) is 22.4 Å². The first kappa shape index (κ1) is 13.7. The van der Waals surface area contributed by atoms with Gasteiger partial charge in [0.25, 0.3) is 0 Å². The third kappa shape index (κ3) is 3.26. The van der Waals surface area contributed by atoms with Crippen molar-refractivity contribution in [2.45, 2.75) is 0 Å². The topological polar surface area (TPSA) is 49.8 Å². The molecule has 0 atom stereocenters. The lowest BCUT2D eigenvalue weighted by atomic mass is 10.2. The van der Waals surface area contributed by atoms with Gasteiger partial charge in [0.05, 0.1) is 21.7 Å². The molecule has 2 aromatic carbocycles. The minimum Gasteiger partial charge on any atom is -0.332 e. The number of aromatic nitrogens is 2. The van der Waals surface area contributed by atoms with Crippen LogP contribution in [0.5, 0.6) is 0 Å². The summed E-state index contributed by atoms with van der Waals surface area (Å²) < 4.78 is 0. The number of rotatable bonds is 2. The molecule has 0 saturated heterocycles. The van der Waals surface area contributed by atoms with Gasteiger partial charge in [-0.2, -0.15) is 0 Å². The Morgan fingerprint density at radius 3 is 2.52 bits per heavy atom. The Balaban J connectivity index is 1.75. The summed E-state index contributed by atoms with van der Waals surface area (Å²) >= 11 is 11.4. The van der Waals surface area contributed by atoms with Crippen LogP contribution in [0, 0.1) is 0 Å². The van der Waals surface area contributed by atoms with Crippen LogP contribution >= 0.6 is 23.8 Å². The predicted molar refractivity (Wildman–Crippen MR) is 90.8 cm³/mol. The van der Waals surface area contributed by atoms with Crippen molar-refractivity contribution >= 4 is 51.3 Å². The Morgan fingerprint density at radius 1 is 0.952 bits per heavy atom. The van der Waals surface area contributed by atoms with Gasteiger partial charge in [-0.25, -0.2) is 0 Å². The molecule has 2 N–H and O–H groups in total. The zero-order valence-corrected chi connectivity index (χ0v) is 12.4. The third-order valence-corrected chi connectivity index (χ3v) is 3.38. The van der Waals surface area contributed by atoms with Crippen molar-refractivity contribution in [2.75, 3.05) is 10.6 Å². The lowest BCUT2D eigenvalue weighted by Gasteiger charge is -2.11. The first-order valence-corrected chi connectivity index (χ1v) is 7.04. The Labute approximate surface area is 132 Å². The molecule has 4 nitrogen and oxygen atoms in total. The number of nitrogens with one attached hydrogen (secondary N) is 2. The Bertz CT molecular complexity index is 806. The van der Waals surface area contributed by atoms with Crippen molar-refractivity contribution in [2.24, 2.45) is 0 Å². The maximum Gasteiger partial charge on any atom is 0.175 e. The van der Waals surface area contributed by atoms with E-state index < -0.39 is 0 Å². The second kappa shape index (κ2) is 6.03. The Hall–Kier alpha value is -2.24. The van der Waals surface area contributed by atoms with E-state index in [2.05, 4.69) is 20.6 Å². The van der Waals surface area contributed by atoms with Crippen LogP contribution < -0.4 is 10.6 Å². The molecule has 0 saturated carbocycles. The highest BCUT2D eigenvalue weighted by molar-refractivity contribution is 7.80. The molecule has 21 heavy (non-hydrogen) atoms. The normalized spacial score (nSPS) is 10.3. The van der Waals surface area contributed by atoms with E-state index in [9.17, 15) is 0 Å². The monoisotopic (exact) mass is 314 g/mol. The van der Waals surface area contributed by atoms with E-state index in [0.29, 0.717) is 10.1 Å². The standard InChI is InChI=1S/C15H11ClN4S/c16-11-3-1-2-4-12(11)20-15(21)19-10-5-6-13-14(9-10)18-8-7-17-13/h1-9H,(H2,19,20,21). The highest BCUT2D eigenvalue weighted by atomic mass is 35.5. The fraction of sp³-hybridized carbons (Fsp3) is 0. The molecule has 0 spiro atoms. The van der Waals surface area contributed by atoms with Gasteiger partial charge in [0, 0.05) is 18.1 Å². The second-order valence-electron chi connectivity index (χ2n) is 4.32. The number of anilines is 2. The fourth-order valence-corrected chi connectivity index (χ4v) is 2.30. The number of benzene rings is 2. The second-order valence-corrected chi connectivity index (χ2v) is 5.13. The minimum atomic E-state index is 0.464. The van der Waals surface area contributed by atoms with Gasteiger partial charge in [0.15, 0.2) is 5.11 Å². The Morgan fingerprint density at radius 2 is 1.71 bits per heavy atom. The van der Waals surface area contributed by atoms with Crippen molar-refractivity contribution in [1.29, 1.82) is 0 Å². The summed E-state index contributed by atoms with van der Waals surface area (Å²) in [5.41, 5.74) is 3.25. The fourth-order valence-electron chi connectivity index (χ4n) is 1.89. The minimum absolute atomic E-state index is 0.464. The smallest absolute Gasteiger partial charge is 0.175 e. The van der Waals surface area contributed by atoms with Crippen LogP contribution in [0.15, 0.2) is 54.9 Å². The molecule has 1 heterocycles. The van der Waals surface area contributed by atoms with Crippen LogP contribution in [0.3, 0.4) is 0 Å². The van der Waals surface area contributed by atoms with Crippen LogP contribution in [-0.2, 0) is 0 Å². The van der Waals surface area contributed by atoms with E-state index in [1.54, 1.807) is 18.5 Å². The quantitative estimate of drug-likeness (QED) is 0.698. The van der Waals surface area contributed by atoms with E-state index in [1.807, 2.05) is 36.4 Å². The van der Waals surface area contributed by atoms with E-state index in [-0.39, 0.29) is 0 Å². The van der Waals surface area contributed by atoms with Crippen LogP contribution in [-0.4, -0.2) is 15.1 Å².